The third kappa shape index (κ3) is 11.7. The van der Waals surface area contributed by atoms with Crippen molar-refractivity contribution in [3.8, 4) is 34.5 Å². The van der Waals surface area contributed by atoms with Crippen LogP contribution in [-0.2, 0) is 0 Å². The predicted molar refractivity (Wildman–Crippen MR) is 246 cm³/mol. The van der Waals surface area contributed by atoms with E-state index < -0.39 is 24.7 Å². The van der Waals surface area contributed by atoms with Crippen LogP contribution in [0.3, 0.4) is 0 Å². The lowest BCUT2D eigenvalue weighted by atomic mass is 10.1. The molecule has 0 radical (unpaired) electrons. The van der Waals surface area contributed by atoms with Crippen LogP contribution in [0.5, 0.6) is 34.5 Å². The first-order valence-electron chi connectivity index (χ1n) is 19.6. The van der Waals surface area contributed by atoms with Crippen molar-refractivity contribution in [1.29, 1.82) is 0 Å². The minimum atomic E-state index is -3.85. The maximum absolute atomic E-state index is 7.21. The summed E-state index contributed by atoms with van der Waals surface area (Å²) in [6.45, 7) is 24.4. The number of rotatable bonds is 15. The second-order valence-corrected chi connectivity index (χ2v) is 20.0. The summed E-state index contributed by atoms with van der Waals surface area (Å²) in [7, 11) is -8.13. The number of aryl methyl sites for hydroxylation is 12. The summed E-state index contributed by atoms with van der Waals surface area (Å²) in [5, 5.41) is 0. The maximum atomic E-state index is 7.21. The molecule has 6 aromatic carbocycles. The Balaban J connectivity index is 1.62. The Morgan fingerprint density at radius 1 is 0.356 bits per heavy atom. The second-order valence-electron chi connectivity index (χ2n) is 15.4. The summed E-state index contributed by atoms with van der Waals surface area (Å²) in [4.78, 5) is 3.65. The molecule has 0 aliphatic carbocycles. The van der Waals surface area contributed by atoms with E-state index in [-0.39, 0.29) is 0 Å². The molecule has 0 atom stereocenters. The van der Waals surface area contributed by atoms with Crippen molar-refractivity contribution in [2.75, 3.05) is 0 Å². The van der Waals surface area contributed by atoms with Gasteiger partial charge in [-0.25, -0.2) is 0 Å². The van der Waals surface area contributed by atoms with Gasteiger partial charge < -0.3 is 27.1 Å². The van der Waals surface area contributed by atoms with Gasteiger partial charge in [0.1, 0.15) is 34.5 Å². The third-order valence-electron chi connectivity index (χ3n) is 9.54. The van der Waals surface area contributed by atoms with Gasteiger partial charge in [-0.3, -0.25) is 0 Å². The smallest absolute Gasteiger partial charge is 0.427 e. The van der Waals surface area contributed by atoms with Crippen LogP contribution in [0.25, 0.3) is 0 Å². The van der Waals surface area contributed by atoms with Crippen LogP contribution in [0.15, 0.2) is 114 Å². The monoisotopic (exact) mass is 848 g/mol. The van der Waals surface area contributed by atoms with E-state index in [9.17, 15) is 0 Å². The molecule has 6 aromatic rings. The number of nitrogens with zero attached hydrogens (tertiary/aromatic N) is 1. The lowest BCUT2D eigenvalue weighted by Crippen LogP contribution is -2.20. The van der Waals surface area contributed by atoms with Crippen molar-refractivity contribution < 1.29 is 27.1 Å². The van der Waals surface area contributed by atoms with Crippen LogP contribution < -0.4 is 32.0 Å². The zero-order valence-electron chi connectivity index (χ0n) is 36.1. The van der Waals surface area contributed by atoms with E-state index in [0.717, 1.165) is 66.8 Å². The summed E-state index contributed by atoms with van der Waals surface area (Å²) in [5.41, 5.74) is 12.3. The molecular formula is C48H55N2O6P3. The van der Waals surface area contributed by atoms with E-state index >= 15 is 0 Å². The molecule has 59 heavy (non-hydrogen) atoms. The zero-order chi connectivity index (χ0) is 42.4. The summed E-state index contributed by atoms with van der Waals surface area (Å²) in [6, 6.07) is 36.3. The SMILES string of the molecule is Cc1ccc(OP(N=P(NP(Oc2ccc(C)cc2C)Oc2ccc(C)cc2C)(Oc2ccc(C)cc2C)Oc2ccc(C)cc2C)Oc2ccc(C)cc2C)c(C)c1. The summed E-state index contributed by atoms with van der Waals surface area (Å²) in [6.07, 6.45) is 0. The standard InChI is InChI=1S/C48H55N2O6P3/c1-31-13-19-43(37(7)25-31)51-57(52-44-20-14-32(2)26-38(44)8)49-59(55-47-23-17-35(5)29-41(47)11,56-48-24-18-36(6)30-42(48)12)50-58(53-45-21-15-33(3)27-39(45)9)54-46-22-16-34(4)28-40(46)10/h13-30,49H,1-12H3. The number of nitrogens with one attached hydrogen (secondary N) is 1. The molecule has 11 heteroatoms. The van der Waals surface area contributed by atoms with Gasteiger partial charge in [0.15, 0.2) is 0 Å². The first kappa shape index (κ1) is 43.7. The topological polar surface area (TPSA) is 79.8 Å². The van der Waals surface area contributed by atoms with Gasteiger partial charge in [0.2, 0.25) is 0 Å². The number of hydrogen-bond acceptors (Lipinski definition) is 7. The molecule has 0 aliphatic rings. The van der Waals surface area contributed by atoms with Crippen molar-refractivity contribution in [3.63, 3.8) is 0 Å². The minimum Gasteiger partial charge on any atom is -0.427 e. The van der Waals surface area contributed by atoms with Gasteiger partial charge >= 0.3 is 24.7 Å². The highest BCUT2D eigenvalue weighted by molar-refractivity contribution is 7.71. The van der Waals surface area contributed by atoms with Crippen molar-refractivity contribution in [1.82, 2.24) is 4.86 Å². The molecule has 6 rings (SSSR count). The Morgan fingerprint density at radius 3 is 0.881 bits per heavy atom. The van der Waals surface area contributed by atoms with Crippen LogP contribution in [0.2, 0.25) is 0 Å². The van der Waals surface area contributed by atoms with E-state index in [1.807, 2.05) is 114 Å². The summed E-state index contributed by atoms with van der Waals surface area (Å²) in [5.74, 6) is 3.71. The van der Waals surface area contributed by atoms with Gasteiger partial charge in [-0.05, 0) is 153 Å². The fourth-order valence-electron chi connectivity index (χ4n) is 6.45. The Kier molecular flexibility index (Phi) is 14.1. The molecule has 0 aromatic heterocycles. The van der Waals surface area contributed by atoms with Crippen molar-refractivity contribution in [3.05, 3.63) is 176 Å². The molecule has 1 N–H and O–H groups in total. The second kappa shape index (κ2) is 19.0. The Hall–Kier alpha value is -4.83. The van der Waals surface area contributed by atoms with Crippen LogP contribution in [0, 0.1) is 83.1 Å². The van der Waals surface area contributed by atoms with Crippen molar-refractivity contribution in [2.24, 2.45) is 4.52 Å². The van der Waals surface area contributed by atoms with Crippen LogP contribution >= 0.6 is 24.7 Å². The fourth-order valence-corrected chi connectivity index (χ4v) is 12.4. The van der Waals surface area contributed by atoms with E-state index in [2.05, 4.69) is 82.8 Å². The van der Waals surface area contributed by atoms with Gasteiger partial charge in [0.25, 0.3) is 0 Å². The molecular weight excluding hydrogens is 793 g/mol. The van der Waals surface area contributed by atoms with E-state index in [1.165, 1.54) is 0 Å². The molecule has 308 valence electrons. The Morgan fingerprint density at radius 2 is 0.610 bits per heavy atom. The molecule has 0 unspecified atom stereocenters. The fraction of sp³-hybridized carbons (Fsp3) is 0.250. The molecule has 0 aliphatic heterocycles. The van der Waals surface area contributed by atoms with Gasteiger partial charge in [-0.2, -0.15) is 0 Å². The lowest BCUT2D eigenvalue weighted by molar-refractivity contribution is 0.443. The molecule has 0 saturated heterocycles. The maximum Gasteiger partial charge on any atom is 0.443 e. The average Bonchev–Trinajstić information content (AvgIpc) is 3.15. The largest absolute Gasteiger partial charge is 0.443 e. The van der Waals surface area contributed by atoms with Gasteiger partial charge in [0.05, 0.1) is 0 Å². The Labute approximate surface area is 353 Å². The summed E-state index contributed by atoms with van der Waals surface area (Å²) < 4.78 is 47.3. The molecule has 0 spiro atoms. The van der Waals surface area contributed by atoms with Crippen molar-refractivity contribution in [2.45, 2.75) is 83.1 Å². The summed E-state index contributed by atoms with van der Waals surface area (Å²) >= 11 is 0. The van der Waals surface area contributed by atoms with Crippen LogP contribution in [0.4, 0.5) is 0 Å². The molecule has 0 saturated carbocycles. The molecule has 0 amide bonds. The first-order valence-corrected chi connectivity index (χ1v) is 23.5. The van der Waals surface area contributed by atoms with E-state index in [0.29, 0.717) is 34.5 Å². The van der Waals surface area contributed by atoms with E-state index in [1.54, 1.807) is 0 Å². The zero-order valence-corrected chi connectivity index (χ0v) is 38.8. The van der Waals surface area contributed by atoms with Gasteiger partial charge in [0, 0.05) is 0 Å². The minimum absolute atomic E-state index is 0.575. The average molecular weight is 849 g/mol. The van der Waals surface area contributed by atoms with Crippen LogP contribution in [0.1, 0.15) is 66.8 Å². The molecule has 0 heterocycles. The molecule has 8 nitrogen and oxygen atoms in total. The number of hydrogen-bond donors (Lipinski definition) is 1. The Bertz CT molecular complexity index is 2360. The predicted octanol–water partition coefficient (Wildman–Crippen LogP) is 15.2. The van der Waals surface area contributed by atoms with Crippen LogP contribution in [-0.4, -0.2) is 0 Å². The van der Waals surface area contributed by atoms with Gasteiger partial charge in [-0.1, -0.05) is 106 Å². The van der Waals surface area contributed by atoms with Gasteiger partial charge in [-0.15, -0.1) is 9.37 Å². The normalized spacial score (nSPS) is 11.4. The molecule has 0 fully saturated rings. The molecule has 0 bridgehead atoms. The quantitative estimate of drug-likeness (QED) is 0.103. The first-order chi connectivity index (χ1) is 28.0. The highest BCUT2D eigenvalue weighted by Gasteiger charge is 2.39. The van der Waals surface area contributed by atoms with Crippen molar-refractivity contribution >= 4 is 24.7 Å². The lowest BCUT2D eigenvalue weighted by Gasteiger charge is -2.31. The van der Waals surface area contributed by atoms with E-state index in [4.69, 9.17) is 31.7 Å². The number of benzene rings is 6. The highest BCUT2D eigenvalue weighted by atomic mass is 31.3. The highest BCUT2D eigenvalue weighted by Crippen LogP contribution is 2.62. The third-order valence-corrected chi connectivity index (χ3v) is 15.1.